The molecule has 0 bridgehead atoms. The summed E-state index contributed by atoms with van der Waals surface area (Å²) in [6.45, 7) is 10.9. The van der Waals surface area contributed by atoms with E-state index in [0.29, 0.717) is 0 Å². The molecule has 34 heavy (non-hydrogen) atoms. The molecule has 1 N–H and O–H groups in total. The van der Waals surface area contributed by atoms with Crippen molar-refractivity contribution in [3.8, 4) is 5.69 Å². The fraction of sp³-hybridized carbons (Fsp3) is 0.241. The van der Waals surface area contributed by atoms with Gasteiger partial charge in [0.05, 0.1) is 17.8 Å². The van der Waals surface area contributed by atoms with Crippen LogP contribution in [0.1, 0.15) is 51.4 Å². The summed E-state index contributed by atoms with van der Waals surface area (Å²) in [6.07, 6.45) is 1.85. The number of hydrogen-bond acceptors (Lipinski definition) is 2. The Morgan fingerprint density at radius 3 is 2.41 bits per heavy atom. The van der Waals surface area contributed by atoms with Crippen LogP contribution in [0.5, 0.6) is 0 Å². The first-order valence-corrected chi connectivity index (χ1v) is 12.1. The van der Waals surface area contributed by atoms with Crippen LogP contribution in [0.4, 0.5) is 5.69 Å². The molecule has 2 unspecified atom stereocenters. The Morgan fingerprint density at radius 2 is 1.68 bits per heavy atom. The number of aryl methyl sites for hydroxylation is 3. The highest BCUT2D eigenvalue weighted by molar-refractivity contribution is 7.80. The van der Waals surface area contributed by atoms with Gasteiger partial charge in [0.25, 0.3) is 0 Å². The minimum Gasteiger partial charge on any atom is -0.351 e. The van der Waals surface area contributed by atoms with E-state index in [1.54, 1.807) is 0 Å². The molecule has 0 saturated carbocycles. The smallest absolute Gasteiger partial charge is 0.174 e. The summed E-state index contributed by atoms with van der Waals surface area (Å²) >= 11 is 5.91. The molecular formula is C29H30N4S. The maximum absolute atomic E-state index is 5.91. The first-order chi connectivity index (χ1) is 16.4. The van der Waals surface area contributed by atoms with E-state index >= 15 is 0 Å². The van der Waals surface area contributed by atoms with E-state index in [9.17, 15) is 0 Å². The molecule has 2 aromatic carbocycles. The second-order valence-electron chi connectivity index (χ2n) is 9.22. The molecule has 172 valence electrons. The molecule has 3 heterocycles. The van der Waals surface area contributed by atoms with E-state index in [0.717, 1.165) is 16.5 Å². The average molecular weight is 467 g/mol. The van der Waals surface area contributed by atoms with Crippen molar-refractivity contribution in [1.29, 1.82) is 0 Å². The highest BCUT2D eigenvalue weighted by atomic mass is 32.1. The molecule has 1 aliphatic rings. The molecule has 0 aliphatic carbocycles. The molecule has 1 saturated heterocycles. The lowest BCUT2D eigenvalue weighted by Gasteiger charge is -2.28. The summed E-state index contributed by atoms with van der Waals surface area (Å²) in [5.74, 6) is 0. The van der Waals surface area contributed by atoms with Crippen LogP contribution in [-0.4, -0.2) is 14.7 Å². The Bertz CT molecular complexity index is 1370. The van der Waals surface area contributed by atoms with Gasteiger partial charge < -0.3 is 14.8 Å². The van der Waals surface area contributed by atoms with Crippen LogP contribution in [-0.2, 0) is 0 Å². The Kier molecular flexibility index (Phi) is 5.74. The van der Waals surface area contributed by atoms with Crippen molar-refractivity contribution in [2.75, 3.05) is 4.90 Å². The van der Waals surface area contributed by atoms with Gasteiger partial charge in [0, 0.05) is 29.0 Å². The van der Waals surface area contributed by atoms with Gasteiger partial charge in [-0.1, -0.05) is 30.3 Å². The summed E-state index contributed by atoms with van der Waals surface area (Å²) in [6, 6.07) is 23.4. The van der Waals surface area contributed by atoms with Crippen molar-refractivity contribution in [1.82, 2.24) is 14.9 Å². The maximum atomic E-state index is 5.91. The Balaban J connectivity index is 1.71. The molecule has 2 aromatic heterocycles. The van der Waals surface area contributed by atoms with Crippen molar-refractivity contribution in [3.05, 3.63) is 112 Å². The first kappa shape index (κ1) is 22.4. The molecule has 4 aromatic rings. The Morgan fingerprint density at radius 1 is 0.882 bits per heavy atom. The summed E-state index contributed by atoms with van der Waals surface area (Å²) in [5, 5.41) is 4.31. The second-order valence-corrected chi connectivity index (χ2v) is 9.60. The average Bonchev–Trinajstić information content (AvgIpc) is 3.32. The second kappa shape index (κ2) is 8.73. The van der Waals surface area contributed by atoms with Crippen LogP contribution in [0.25, 0.3) is 5.69 Å². The minimum absolute atomic E-state index is 0.0192. The predicted molar refractivity (Wildman–Crippen MR) is 144 cm³/mol. The van der Waals surface area contributed by atoms with Gasteiger partial charge in [-0.25, -0.2) is 0 Å². The summed E-state index contributed by atoms with van der Waals surface area (Å²) in [7, 11) is 0. The quantitative estimate of drug-likeness (QED) is 0.344. The molecule has 0 radical (unpaired) electrons. The number of thiocarbonyl (C=S) groups is 1. The number of pyridine rings is 1. The first-order valence-electron chi connectivity index (χ1n) is 11.7. The topological polar surface area (TPSA) is 33.1 Å². The van der Waals surface area contributed by atoms with Crippen molar-refractivity contribution >= 4 is 23.0 Å². The predicted octanol–water partition coefficient (Wildman–Crippen LogP) is 6.59. The lowest BCUT2D eigenvalue weighted by molar-refractivity contribution is 0.565. The lowest BCUT2D eigenvalue weighted by Crippen LogP contribution is -2.29. The zero-order valence-electron chi connectivity index (χ0n) is 20.3. The van der Waals surface area contributed by atoms with Crippen LogP contribution < -0.4 is 10.2 Å². The monoisotopic (exact) mass is 466 g/mol. The fourth-order valence-electron chi connectivity index (χ4n) is 5.16. The van der Waals surface area contributed by atoms with Gasteiger partial charge in [0.15, 0.2) is 5.11 Å². The summed E-state index contributed by atoms with van der Waals surface area (Å²) < 4.78 is 2.38. The van der Waals surface area contributed by atoms with Crippen molar-refractivity contribution in [3.63, 3.8) is 0 Å². The zero-order chi connectivity index (χ0) is 24.0. The fourth-order valence-corrected chi connectivity index (χ4v) is 5.51. The van der Waals surface area contributed by atoms with Crippen LogP contribution >= 0.6 is 12.2 Å². The largest absolute Gasteiger partial charge is 0.351 e. The van der Waals surface area contributed by atoms with E-state index in [-0.39, 0.29) is 12.1 Å². The number of nitrogens with zero attached hydrogens (tertiary/aromatic N) is 3. The highest BCUT2D eigenvalue weighted by Gasteiger charge is 2.42. The summed E-state index contributed by atoms with van der Waals surface area (Å²) in [5.41, 5.74) is 10.8. The van der Waals surface area contributed by atoms with E-state index in [1.807, 2.05) is 18.3 Å². The molecule has 4 nitrogen and oxygen atoms in total. The molecule has 5 rings (SSSR count). The van der Waals surface area contributed by atoms with Gasteiger partial charge >= 0.3 is 0 Å². The Labute approximate surface area is 207 Å². The number of hydrogen-bond donors (Lipinski definition) is 1. The number of anilines is 1. The van der Waals surface area contributed by atoms with Gasteiger partial charge in [-0.15, -0.1) is 0 Å². The van der Waals surface area contributed by atoms with Gasteiger partial charge in [0.1, 0.15) is 0 Å². The zero-order valence-corrected chi connectivity index (χ0v) is 21.1. The highest BCUT2D eigenvalue weighted by Crippen LogP contribution is 2.44. The molecule has 0 amide bonds. The molecule has 1 fully saturated rings. The third-order valence-electron chi connectivity index (χ3n) is 6.98. The van der Waals surface area contributed by atoms with E-state index < -0.39 is 0 Å². The van der Waals surface area contributed by atoms with Crippen molar-refractivity contribution in [2.45, 2.75) is 46.7 Å². The molecule has 5 heteroatoms. The standard InChI is InChI=1S/C29H30N4S/c1-18-10-8-12-23(16-18)33-28(27(31-29(33)34)25-13-6-7-15-30-25)24-17-20(3)32(22(24)5)26-14-9-11-19(2)21(26)4/h6-17,27-28H,1-5H3,(H,31,34). The van der Waals surface area contributed by atoms with E-state index in [1.165, 1.54) is 39.3 Å². The minimum atomic E-state index is -0.0539. The molecule has 2 atom stereocenters. The number of benzene rings is 2. The number of nitrogens with one attached hydrogen (secondary N) is 1. The number of rotatable bonds is 4. The molecule has 1 aliphatic heterocycles. The third kappa shape index (κ3) is 3.70. The van der Waals surface area contributed by atoms with Crippen LogP contribution in [0, 0.1) is 34.6 Å². The van der Waals surface area contributed by atoms with Gasteiger partial charge in [-0.05, 0) is 105 Å². The van der Waals surface area contributed by atoms with Crippen molar-refractivity contribution < 1.29 is 0 Å². The van der Waals surface area contributed by atoms with Gasteiger partial charge in [0.2, 0.25) is 0 Å². The Hall–Kier alpha value is -3.44. The summed E-state index contributed by atoms with van der Waals surface area (Å²) in [4.78, 5) is 6.96. The van der Waals surface area contributed by atoms with Crippen LogP contribution in [0.2, 0.25) is 0 Å². The van der Waals surface area contributed by atoms with E-state index in [2.05, 4.69) is 104 Å². The van der Waals surface area contributed by atoms with E-state index in [4.69, 9.17) is 17.2 Å². The van der Waals surface area contributed by atoms with Crippen LogP contribution in [0.15, 0.2) is 72.9 Å². The van der Waals surface area contributed by atoms with Gasteiger partial charge in [-0.2, -0.15) is 0 Å². The molecular weight excluding hydrogens is 436 g/mol. The third-order valence-corrected chi connectivity index (χ3v) is 7.30. The van der Waals surface area contributed by atoms with Gasteiger partial charge in [-0.3, -0.25) is 4.98 Å². The maximum Gasteiger partial charge on any atom is 0.174 e. The lowest BCUT2D eigenvalue weighted by atomic mass is 9.96. The van der Waals surface area contributed by atoms with Crippen molar-refractivity contribution in [2.24, 2.45) is 0 Å². The normalized spacial score (nSPS) is 17.8. The molecule has 0 spiro atoms. The number of aromatic nitrogens is 2. The van der Waals surface area contributed by atoms with Crippen LogP contribution in [0.3, 0.4) is 0 Å². The SMILES string of the molecule is Cc1cccc(N2C(=S)NC(c3ccccn3)C2c2cc(C)n(-c3cccc(C)c3C)c2C)c1.